The average Bonchev–Trinajstić information content (AvgIpc) is 3.23. The molecule has 1 N–H and O–H groups in total. The highest BCUT2D eigenvalue weighted by Gasteiger charge is 2.31. The highest BCUT2D eigenvalue weighted by Crippen LogP contribution is 2.39. The fourth-order valence-corrected chi connectivity index (χ4v) is 6.03. The van der Waals surface area contributed by atoms with Gasteiger partial charge in [-0.15, -0.1) is 11.3 Å². The van der Waals surface area contributed by atoms with E-state index in [9.17, 15) is 9.59 Å². The molecule has 2 amide bonds. The van der Waals surface area contributed by atoms with Gasteiger partial charge in [-0.2, -0.15) is 0 Å². The fraction of sp³-hybridized carbons (Fsp3) is 0.333. The normalized spacial score (nSPS) is 16.3. The van der Waals surface area contributed by atoms with E-state index in [0.717, 1.165) is 56.4 Å². The van der Waals surface area contributed by atoms with Crippen LogP contribution in [0.2, 0.25) is 0 Å². The maximum Gasteiger partial charge on any atom is 0.257 e. The van der Waals surface area contributed by atoms with Gasteiger partial charge in [0.15, 0.2) is 0 Å². The van der Waals surface area contributed by atoms with Crippen molar-refractivity contribution in [3.8, 4) is 0 Å². The van der Waals surface area contributed by atoms with Crippen molar-refractivity contribution in [2.24, 2.45) is 0 Å². The van der Waals surface area contributed by atoms with Crippen molar-refractivity contribution < 1.29 is 9.59 Å². The Kier molecular flexibility index (Phi) is 6.55. The second-order valence-corrected chi connectivity index (χ2v) is 9.89. The predicted molar refractivity (Wildman–Crippen MR) is 133 cm³/mol. The number of hydrogen-bond acceptors (Lipinski definition) is 4. The van der Waals surface area contributed by atoms with Gasteiger partial charge in [0.2, 0.25) is 0 Å². The Balaban J connectivity index is 1.32. The van der Waals surface area contributed by atoms with Gasteiger partial charge in [0.1, 0.15) is 5.00 Å². The van der Waals surface area contributed by atoms with Crippen LogP contribution >= 0.6 is 11.3 Å². The number of anilines is 1. The molecule has 170 valence electrons. The Bertz CT molecular complexity index is 1120. The van der Waals surface area contributed by atoms with Crippen LogP contribution in [0.15, 0.2) is 60.7 Å². The van der Waals surface area contributed by atoms with Gasteiger partial charge >= 0.3 is 0 Å². The average molecular weight is 460 g/mol. The first-order valence-corrected chi connectivity index (χ1v) is 12.6. The van der Waals surface area contributed by atoms with Gasteiger partial charge in [0.25, 0.3) is 11.8 Å². The number of amides is 2. The van der Waals surface area contributed by atoms with Crippen molar-refractivity contribution in [2.45, 2.75) is 32.2 Å². The van der Waals surface area contributed by atoms with E-state index in [1.165, 1.54) is 10.4 Å². The van der Waals surface area contributed by atoms with Crippen LogP contribution in [0.4, 0.5) is 5.00 Å². The summed E-state index contributed by atoms with van der Waals surface area (Å²) >= 11 is 1.59. The Hall–Kier alpha value is -2.96. The van der Waals surface area contributed by atoms with Crippen LogP contribution in [0.5, 0.6) is 0 Å². The van der Waals surface area contributed by atoms with E-state index in [1.807, 2.05) is 29.2 Å². The minimum absolute atomic E-state index is 0.0668. The molecule has 0 saturated carbocycles. The van der Waals surface area contributed by atoms with E-state index in [0.29, 0.717) is 23.7 Å². The van der Waals surface area contributed by atoms with E-state index in [-0.39, 0.29) is 11.8 Å². The number of benzene rings is 2. The summed E-state index contributed by atoms with van der Waals surface area (Å²) in [5.41, 5.74) is 3.80. The number of carbonyl (C=O) groups is 2. The van der Waals surface area contributed by atoms with Crippen LogP contribution in [0.25, 0.3) is 0 Å². The van der Waals surface area contributed by atoms with Crippen LogP contribution in [-0.4, -0.2) is 47.8 Å². The molecule has 0 spiro atoms. The fourth-order valence-electron chi connectivity index (χ4n) is 4.75. The third-order valence-electron chi connectivity index (χ3n) is 6.56. The number of aryl methyl sites for hydroxylation is 1. The summed E-state index contributed by atoms with van der Waals surface area (Å²) in [5, 5.41) is 3.78. The lowest BCUT2D eigenvalue weighted by Gasteiger charge is -2.35. The molecule has 5 rings (SSSR count). The maximum absolute atomic E-state index is 13.7. The molecule has 2 heterocycles. The second kappa shape index (κ2) is 9.89. The number of thiophene rings is 1. The first-order valence-electron chi connectivity index (χ1n) is 11.8. The molecule has 33 heavy (non-hydrogen) atoms. The molecule has 2 aliphatic rings. The molecular weight excluding hydrogens is 430 g/mol. The minimum Gasteiger partial charge on any atom is -0.336 e. The quantitative estimate of drug-likeness (QED) is 0.594. The van der Waals surface area contributed by atoms with E-state index in [2.05, 4.69) is 34.5 Å². The first-order chi connectivity index (χ1) is 16.2. The molecule has 0 atom stereocenters. The third-order valence-corrected chi connectivity index (χ3v) is 7.76. The molecular formula is C27H29N3O2S. The van der Waals surface area contributed by atoms with Crippen LogP contribution in [-0.2, 0) is 19.4 Å². The molecule has 6 heteroatoms. The second-order valence-electron chi connectivity index (χ2n) is 8.79. The van der Waals surface area contributed by atoms with Gasteiger partial charge in [-0.1, -0.05) is 48.5 Å². The van der Waals surface area contributed by atoms with Crippen molar-refractivity contribution in [3.63, 3.8) is 0 Å². The van der Waals surface area contributed by atoms with E-state index >= 15 is 0 Å². The Morgan fingerprint density at radius 3 is 2.24 bits per heavy atom. The molecule has 1 saturated heterocycles. The van der Waals surface area contributed by atoms with Gasteiger partial charge in [0, 0.05) is 43.2 Å². The lowest BCUT2D eigenvalue weighted by Crippen LogP contribution is -2.48. The number of nitrogens with zero attached hydrogens (tertiary/aromatic N) is 2. The van der Waals surface area contributed by atoms with Crippen molar-refractivity contribution >= 4 is 28.2 Å². The molecule has 1 fully saturated rings. The van der Waals surface area contributed by atoms with Crippen LogP contribution < -0.4 is 5.32 Å². The molecule has 5 nitrogen and oxygen atoms in total. The third kappa shape index (κ3) is 4.87. The van der Waals surface area contributed by atoms with Gasteiger partial charge in [0.05, 0.1) is 5.56 Å². The number of fused-ring (bicyclic) bond motifs is 1. The zero-order valence-corrected chi connectivity index (χ0v) is 19.6. The SMILES string of the molecule is O=C(Nc1sc2c(c1C(=O)N1CCN(Cc3ccccc3)CC1)CCCC2)c1ccccc1. The van der Waals surface area contributed by atoms with Crippen LogP contribution in [0.3, 0.4) is 0 Å². The standard InChI is InChI=1S/C27H29N3O2S/c31-25(21-11-5-2-6-12-21)28-26-24(22-13-7-8-14-23(22)33-26)27(32)30-17-15-29(16-18-30)19-20-9-3-1-4-10-20/h1-6,9-12H,7-8,13-19H2,(H,28,31). The van der Waals surface area contributed by atoms with Crippen molar-refractivity contribution in [2.75, 3.05) is 31.5 Å². The zero-order valence-electron chi connectivity index (χ0n) is 18.8. The summed E-state index contributed by atoms with van der Waals surface area (Å²) in [6.07, 6.45) is 4.15. The molecule has 2 aromatic carbocycles. The molecule has 0 radical (unpaired) electrons. The number of carbonyl (C=O) groups excluding carboxylic acids is 2. The summed E-state index contributed by atoms with van der Waals surface area (Å²) in [7, 11) is 0. The summed E-state index contributed by atoms with van der Waals surface area (Å²) in [6.45, 7) is 4.05. The van der Waals surface area contributed by atoms with E-state index < -0.39 is 0 Å². The van der Waals surface area contributed by atoms with Gasteiger partial charge in [-0.3, -0.25) is 14.5 Å². The molecule has 1 aliphatic carbocycles. The first kappa shape index (κ1) is 21.9. The predicted octanol–water partition coefficient (Wildman–Crippen LogP) is 4.84. The van der Waals surface area contributed by atoms with Gasteiger partial charge < -0.3 is 10.2 Å². The van der Waals surface area contributed by atoms with E-state index in [1.54, 1.807) is 23.5 Å². The number of piperazine rings is 1. The van der Waals surface area contributed by atoms with Crippen molar-refractivity contribution in [1.29, 1.82) is 0 Å². The van der Waals surface area contributed by atoms with Crippen molar-refractivity contribution in [3.05, 3.63) is 87.8 Å². The molecule has 0 bridgehead atoms. The monoisotopic (exact) mass is 459 g/mol. The van der Waals surface area contributed by atoms with Gasteiger partial charge in [-0.05, 0) is 48.9 Å². The Morgan fingerprint density at radius 2 is 1.52 bits per heavy atom. The highest BCUT2D eigenvalue weighted by molar-refractivity contribution is 7.17. The molecule has 3 aromatic rings. The maximum atomic E-state index is 13.7. The van der Waals surface area contributed by atoms with Crippen LogP contribution in [0, 0.1) is 0 Å². The topological polar surface area (TPSA) is 52.7 Å². The number of nitrogens with one attached hydrogen (secondary N) is 1. The summed E-state index contributed by atoms with van der Waals surface area (Å²) < 4.78 is 0. The van der Waals surface area contributed by atoms with E-state index in [4.69, 9.17) is 0 Å². The lowest BCUT2D eigenvalue weighted by atomic mass is 9.95. The van der Waals surface area contributed by atoms with Crippen molar-refractivity contribution in [1.82, 2.24) is 9.80 Å². The summed E-state index contributed by atoms with van der Waals surface area (Å²) in [5.74, 6) is -0.0898. The molecule has 1 aliphatic heterocycles. The summed E-state index contributed by atoms with van der Waals surface area (Å²) in [4.78, 5) is 32.2. The number of hydrogen-bond donors (Lipinski definition) is 1. The summed E-state index contributed by atoms with van der Waals surface area (Å²) in [6, 6.07) is 19.7. The number of rotatable bonds is 5. The zero-order chi connectivity index (χ0) is 22.6. The molecule has 1 aromatic heterocycles. The van der Waals surface area contributed by atoms with Gasteiger partial charge in [-0.25, -0.2) is 0 Å². The van der Waals surface area contributed by atoms with Crippen LogP contribution in [0.1, 0.15) is 49.6 Å². The molecule has 0 unspecified atom stereocenters. The lowest BCUT2D eigenvalue weighted by molar-refractivity contribution is 0.0628. The Morgan fingerprint density at radius 1 is 0.848 bits per heavy atom. The largest absolute Gasteiger partial charge is 0.336 e. The minimum atomic E-state index is -0.157. The Labute approximate surface area is 199 Å². The smallest absolute Gasteiger partial charge is 0.257 e. The highest BCUT2D eigenvalue weighted by atomic mass is 32.1.